The van der Waals surface area contributed by atoms with Gasteiger partial charge in [-0.3, -0.25) is 0 Å². The molecule has 3 N–H and O–H groups in total. The van der Waals surface area contributed by atoms with E-state index in [4.69, 9.17) is 14.4 Å². The lowest BCUT2D eigenvalue weighted by molar-refractivity contribution is 0.0387. The topological polar surface area (TPSA) is 79.2 Å². The molecule has 0 saturated heterocycles. The maximum atomic E-state index is 8.22. The molecule has 0 aromatic heterocycles. The quantitative estimate of drug-likeness (QED) is 0.324. The van der Waals surface area contributed by atoms with E-state index in [1.54, 1.807) is 0 Å². The molecule has 0 heterocycles. The zero-order valence-electron chi connectivity index (χ0n) is 5.07. The van der Waals surface area contributed by atoms with Crippen molar-refractivity contribution < 1.29 is 23.5 Å². The minimum Gasteiger partial charge on any atom is -0.382 e. The Morgan fingerprint density at radius 2 is 1.78 bits per heavy atom. The van der Waals surface area contributed by atoms with E-state index in [9.17, 15) is 0 Å². The van der Waals surface area contributed by atoms with Gasteiger partial charge in [-0.1, -0.05) is 0 Å². The molecule has 56 valence electrons. The van der Waals surface area contributed by atoms with Crippen LogP contribution in [0.2, 0.25) is 0 Å². The lowest BCUT2D eigenvalue weighted by Crippen LogP contribution is -2.39. The van der Waals surface area contributed by atoms with Crippen LogP contribution in [0.25, 0.3) is 0 Å². The third-order valence-corrected chi connectivity index (χ3v) is 1.17. The van der Waals surface area contributed by atoms with E-state index in [2.05, 4.69) is 9.16 Å². The second kappa shape index (κ2) is 3.93. The van der Waals surface area contributed by atoms with Gasteiger partial charge in [0.15, 0.2) is 0 Å². The van der Waals surface area contributed by atoms with E-state index in [1.165, 1.54) is 7.11 Å². The molecular weight excluding hydrogens is 144 g/mol. The zero-order valence-corrected chi connectivity index (χ0v) is 6.07. The molecule has 0 amide bonds. The number of methoxy groups -OCH3 is 1. The maximum Gasteiger partial charge on any atom is 0.671 e. The molecule has 0 fully saturated rings. The van der Waals surface area contributed by atoms with Gasteiger partial charge in [0.25, 0.3) is 0 Å². The van der Waals surface area contributed by atoms with Crippen molar-refractivity contribution in [3.05, 3.63) is 0 Å². The normalized spacial score (nSPS) is 12.0. The van der Waals surface area contributed by atoms with E-state index in [-0.39, 0.29) is 13.2 Å². The van der Waals surface area contributed by atoms with E-state index in [1.807, 2.05) is 0 Å². The van der Waals surface area contributed by atoms with Gasteiger partial charge in [0, 0.05) is 7.11 Å². The molecule has 0 aromatic rings. The largest absolute Gasteiger partial charge is 0.671 e. The van der Waals surface area contributed by atoms with Crippen LogP contribution in [0.3, 0.4) is 0 Å². The average molecular weight is 154 g/mol. The van der Waals surface area contributed by atoms with Gasteiger partial charge in [0.2, 0.25) is 0 Å². The van der Waals surface area contributed by atoms with Crippen LogP contribution in [0.4, 0.5) is 0 Å². The molecule has 0 aliphatic rings. The monoisotopic (exact) mass is 154 g/mol. The average Bonchev–Trinajstić information content (AvgIpc) is 1.63. The molecule has 5 nitrogen and oxygen atoms in total. The van der Waals surface area contributed by atoms with Gasteiger partial charge in [-0.15, -0.1) is 0 Å². The lowest BCUT2D eigenvalue weighted by atomic mass is 10.8. The van der Waals surface area contributed by atoms with E-state index in [0.29, 0.717) is 0 Å². The van der Waals surface area contributed by atoms with Gasteiger partial charge in [0.1, 0.15) is 0 Å². The molecule has 0 aliphatic heterocycles. The van der Waals surface area contributed by atoms with Crippen LogP contribution in [-0.2, 0) is 9.16 Å². The summed E-state index contributed by atoms with van der Waals surface area (Å²) >= 11 is 0. The summed E-state index contributed by atoms with van der Waals surface area (Å²) in [5.74, 6) is 0. The smallest absolute Gasteiger partial charge is 0.382 e. The van der Waals surface area contributed by atoms with Gasteiger partial charge in [0.05, 0.1) is 13.2 Å². The van der Waals surface area contributed by atoms with Gasteiger partial charge >= 0.3 is 9.05 Å². The third-order valence-electron chi connectivity index (χ3n) is 0.583. The first-order chi connectivity index (χ1) is 4.06. The Labute approximate surface area is 54.0 Å². The summed E-state index contributed by atoms with van der Waals surface area (Å²) in [4.78, 5) is 24.6. The summed E-state index contributed by atoms with van der Waals surface area (Å²) < 4.78 is 8.65. The molecular formula is C3H10O5Si. The second-order valence-corrected chi connectivity index (χ2v) is 2.85. The standard InChI is InChI=1S/C3H10O5Si/c1-7-2-3-8-9(4,5)6/h4-6H,2-3H2,1H3. The van der Waals surface area contributed by atoms with Gasteiger partial charge < -0.3 is 23.5 Å². The van der Waals surface area contributed by atoms with Gasteiger partial charge in [-0.05, 0) is 0 Å². The fourth-order valence-electron chi connectivity index (χ4n) is 0.262. The molecule has 0 aromatic carbocycles. The predicted octanol–water partition coefficient (Wildman–Crippen LogP) is -1.94. The Morgan fingerprint density at radius 1 is 1.22 bits per heavy atom. The summed E-state index contributed by atoms with van der Waals surface area (Å²) in [5.41, 5.74) is 0. The van der Waals surface area contributed by atoms with E-state index < -0.39 is 9.05 Å². The van der Waals surface area contributed by atoms with Crippen molar-refractivity contribution >= 4 is 9.05 Å². The highest BCUT2D eigenvalue weighted by atomic mass is 28.4. The minimum absolute atomic E-state index is 0.00772. The summed E-state index contributed by atoms with van der Waals surface area (Å²) in [5, 5.41) is 0. The molecule has 0 rings (SSSR count). The molecule has 0 saturated carbocycles. The van der Waals surface area contributed by atoms with Gasteiger partial charge in [-0.25, -0.2) is 0 Å². The SMILES string of the molecule is COCCO[Si](O)(O)O. The number of hydrogen-bond acceptors (Lipinski definition) is 5. The van der Waals surface area contributed by atoms with Crippen molar-refractivity contribution in [3.63, 3.8) is 0 Å². The van der Waals surface area contributed by atoms with Crippen LogP contribution in [0.15, 0.2) is 0 Å². The molecule has 0 unspecified atom stereocenters. The molecule has 6 heteroatoms. The Balaban J connectivity index is 3.07. The number of rotatable bonds is 4. The van der Waals surface area contributed by atoms with Crippen LogP contribution < -0.4 is 0 Å². The second-order valence-electron chi connectivity index (χ2n) is 1.42. The fraction of sp³-hybridized carbons (Fsp3) is 1.00. The molecule has 9 heavy (non-hydrogen) atoms. The first-order valence-electron chi connectivity index (χ1n) is 2.36. The summed E-state index contributed by atoms with van der Waals surface area (Å²) in [6.45, 7) is 0.225. The molecule has 0 bridgehead atoms. The maximum absolute atomic E-state index is 8.22. The van der Waals surface area contributed by atoms with Crippen molar-refractivity contribution in [2.24, 2.45) is 0 Å². The highest BCUT2D eigenvalue weighted by Gasteiger charge is 2.29. The van der Waals surface area contributed by atoms with Crippen LogP contribution >= 0.6 is 0 Å². The summed E-state index contributed by atoms with van der Waals surface area (Å²) in [7, 11) is -2.83. The van der Waals surface area contributed by atoms with Crippen molar-refractivity contribution in [1.82, 2.24) is 0 Å². The zero-order chi connectivity index (χ0) is 7.33. The van der Waals surface area contributed by atoms with Gasteiger partial charge in [-0.2, -0.15) is 0 Å². The van der Waals surface area contributed by atoms with Crippen LogP contribution in [-0.4, -0.2) is 43.8 Å². The van der Waals surface area contributed by atoms with E-state index >= 15 is 0 Å². The molecule has 0 spiro atoms. The Kier molecular flexibility index (Phi) is 3.94. The molecule has 0 atom stereocenters. The van der Waals surface area contributed by atoms with Crippen molar-refractivity contribution in [3.8, 4) is 0 Å². The van der Waals surface area contributed by atoms with Crippen molar-refractivity contribution in [2.75, 3.05) is 20.3 Å². The van der Waals surface area contributed by atoms with Crippen LogP contribution in [0.5, 0.6) is 0 Å². The summed E-state index contributed by atoms with van der Waals surface area (Å²) in [6, 6.07) is 0. The van der Waals surface area contributed by atoms with Crippen LogP contribution in [0.1, 0.15) is 0 Å². The first-order valence-corrected chi connectivity index (χ1v) is 4.11. The fourth-order valence-corrected chi connectivity index (χ4v) is 0.619. The first kappa shape index (κ1) is 9.02. The Hall–Kier alpha value is 0.0169. The number of hydrogen-bond donors (Lipinski definition) is 3. The van der Waals surface area contributed by atoms with Crippen molar-refractivity contribution in [2.45, 2.75) is 0 Å². The van der Waals surface area contributed by atoms with Crippen LogP contribution in [0, 0.1) is 0 Å². The van der Waals surface area contributed by atoms with E-state index in [0.717, 1.165) is 0 Å². The lowest BCUT2D eigenvalue weighted by Gasteiger charge is -2.08. The molecule has 0 aliphatic carbocycles. The Bertz CT molecular complexity index is 69.1. The molecule has 0 radical (unpaired) electrons. The highest BCUT2D eigenvalue weighted by molar-refractivity contribution is 6.48. The predicted molar refractivity (Wildman–Crippen MR) is 30.2 cm³/mol. The Morgan fingerprint density at radius 3 is 2.11 bits per heavy atom. The minimum atomic E-state index is -4.27. The van der Waals surface area contributed by atoms with Crippen molar-refractivity contribution in [1.29, 1.82) is 0 Å². The highest BCUT2D eigenvalue weighted by Crippen LogP contribution is 1.87. The summed E-state index contributed by atoms with van der Waals surface area (Å²) in [6.07, 6.45) is 0. The third kappa shape index (κ3) is 8.02. The number of ether oxygens (including phenoxy) is 1.